The molecule has 5 rings (SSSR count). The number of carbonyl (C=O) groups is 7. The Balaban J connectivity index is 1.03. The Bertz CT molecular complexity index is 2490. The van der Waals surface area contributed by atoms with Gasteiger partial charge in [-0.2, -0.15) is 0 Å². The molecule has 0 aliphatic heterocycles. The van der Waals surface area contributed by atoms with Gasteiger partial charge in [-0.05, 0) is 90.3 Å². The van der Waals surface area contributed by atoms with Gasteiger partial charge in [-0.1, -0.05) is 150 Å². The van der Waals surface area contributed by atoms with Crippen molar-refractivity contribution in [2.45, 2.75) is 148 Å². The van der Waals surface area contributed by atoms with Gasteiger partial charge in [0, 0.05) is 62.6 Å². The first-order valence-corrected chi connectivity index (χ1v) is 28.1. The third-order valence-corrected chi connectivity index (χ3v) is 14.4. The first-order chi connectivity index (χ1) is 37.6. The number of unbranched alkanes of at least 4 members (excludes halogenated alkanes) is 11. The molecule has 6 amide bonds. The van der Waals surface area contributed by atoms with E-state index in [0.717, 1.165) is 119 Å². The van der Waals surface area contributed by atoms with Gasteiger partial charge in [0.05, 0.1) is 13.1 Å². The number of rotatable bonds is 35. The van der Waals surface area contributed by atoms with Crippen LogP contribution in [-0.2, 0) is 59.7 Å². The molecule has 17 heteroatoms. The monoisotopic (exact) mass is 1070 g/mol. The van der Waals surface area contributed by atoms with Crippen LogP contribution >= 0.6 is 0 Å². The molecule has 78 heavy (non-hydrogen) atoms. The number of nitrogens with two attached hydrogens (primary N) is 4. The highest BCUT2D eigenvalue weighted by Crippen LogP contribution is 2.25. The summed E-state index contributed by atoms with van der Waals surface area (Å²) in [6, 6.07) is 30.6. The number of hydrogen-bond acceptors (Lipinski definition) is 10. The normalized spacial score (nSPS) is 12.4. The van der Waals surface area contributed by atoms with Crippen molar-refractivity contribution in [3.05, 3.63) is 125 Å². The fourth-order valence-corrected chi connectivity index (χ4v) is 9.98. The van der Waals surface area contributed by atoms with Gasteiger partial charge in [-0.25, -0.2) is 0 Å². The zero-order valence-electron chi connectivity index (χ0n) is 45.7. The fourth-order valence-electron chi connectivity index (χ4n) is 9.98. The van der Waals surface area contributed by atoms with E-state index in [-0.39, 0.29) is 82.4 Å². The second kappa shape index (κ2) is 33.7. The molecule has 1 aliphatic carbocycles. The molecule has 0 spiro atoms. The van der Waals surface area contributed by atoms with Crippen LogP contribution in [0.2, 0.25) is 0 Å². The van der Waals surface area contributed by atoms with Gasteiger partial charge < -0.3 is 52.5 Å². The van der Waals surface area contributed by atoms with Crippen LogP contribution in [0.5, 0.6) is 0 Å². The third-order valence-electron chi connectivity index (χ3n) is 14.4. The van der Waals surface area contributed by atoms with Gasteiger partial charge in [-0.15, -0.1) is 0 Å². The Morgan fingerprint density at radius 2 is 0.705 bits per heavy atom. The topological polar surface area (TPSA) is 260 Å². The molecule has 1 saturated carbocycles. The maximum absolute atomic E-state index is 14.4. The standard InChI is InChI=1S/C61H85N9O8/c62-52-31-25-49(26-32-52)39-66(42-55(65)71)58(74)45-69(37-47-19-13-11-14-20-47)59(75)43-67(40-50-27-33-53(63)34-28-50)56(72)23-17-9-7-5-3-1-2-4-6-8-10-18-24-57(73)68(41-51-29-35-54(64)36-30-51)44-60(76)70(46-61(77)78)38-48-21-15-12-16-22-48/h12,15-16,21-22,25-36,47H,1-11,13-14,17-20,23-24,37-46,62-64H2,(H2,65,71)(H,77,78). The number of amides is 6. The molecule has 0 heterocycles. The Labute approximate surface area is 461 Å². The SMILES string of the molecule is NC(=O)CN(Cc1ccc(N)cc1)C(=O)CN(CC1CCCCC1)C(=O)CN(Cc1ccc(N)cc1)C(=O)CCCCCCCCCCCCCCC(=O)N(CC(=O)N(CC(=O)O)Cc1ccccc1)Cc1ccc(N)cc1. The van der Waals surface area contributed by atoms with Crippen molar-refractivity contribution in [3.63, 3.8) is 0 Å². The lowest BCUT2D eigenvalue weighted by Gasteiger charge is -2.33. The van der Waals surface area contributed by atoms with E-state index < -0.39 is 30.2 Å². The average molecular weight is 1070 g/mol. The molecule has 0 saturated heterocycles. The molecule has 422 valence electrons. The van der Waals surface area contributed by atoms with Crippen molar-refractivity contribution in [3.8, 4) is 0 Å². The molecule has 4 aromatic carbocycles. The second-order valence-corrected chi connectivity index (χ2v) is 21.1. The Hall–Kier alpha value is -7.43. The summed E-state index contributed by atoms with van der Waals surface area (Å²) >= 11 is 0. The zero-order chi connectivity index (χ0) is 56.1. The van der Waals surface area contributed by atoms with Gasteiger partial charge in [0.25, 0.3) is 0 Å². The molecule has 0 radical (unpaired) electrons. The second-order valence-electron chi connectivity index (χ2n) is 21.1. The quantitative estimate of drug-likeness (QED) is 0.0216. The van der Waals surface area contributed by atoms with Crippen LogP contribution in [0.25, 0.3) is 0 Å². The predicted octanol–water partition coefficient (Wildman–Crippen LogP) is 8.29. The number of benzene rings is 4. The van der Waals surface area contributed by atoms with E-state index in [1.165, 1.54) is 14.7 Å². The lowest BCUT2D eigenvalue weighted by Crippen LogP contribution is -2.49. The molecule has 4 aromatic rings. The van der Waals surface area contributed by atoms with Crippen LogP contribution in [0.4, 0.5) is 17.1 Å². The third kappa shape index (κ3) is 23.4. The Morgan fingerprint density at radius 1 is 0.385 bits per heavy atom. The molecule has 0 unspecified atom stereocenters. The minimum absolute atomic E-state index is 0.125. The number of hydrogen-bond donors (Lipinski definition) is 5. The summed E-state index contributed by atoms with van der Waals surface area (Å²) < 4.78 is 0. The van der Waals surface area contributed by atoms with Crippen molar-refractivity contribution >= 4 is 58.5 Å². The van der Waals surface area contributed by atoms with Gasteiger partial charge in [0.2, 0.25) is 35.4 Å². The molecular formula is C61H85N9O8. The van der Waals surface area contributed by atoms with E-state index >= 15 is 0 Å². The summed E-state index contributed by atoms with van der Waals surface area (Å²) in [7, 11) is 0. The van der Waals surface area contributed by atoms with Gasteiger partial charge in [0.15, 0.2) is 0 Å². The summed E-state index contributed by atoms with van der Waals surface area (Å²) in [5.41, 5.74) is 28.3. The highest BCUT2D eigenvalue weighted by molar-refractivity contribution is 5.90. The summed E-state index contributed by atoms with van der Waals surface area (Å²) in [5, 5.41) is 9.57. The summed E-state index contributed by atoms with van der Waals surface area (Å²) in [4.78, 5) is 101. The molecule has 1 aliphatic rings. The number of carboxylic acids is 1. The van der Waals surface area contributed by atoms with Crippen molar-refractivity contribution in [1.82, 2.24) is 24.5 Å². The molecular weight excluding hydrogens is 987 g/mol. The van der Waals surface area contributed by atoms with E-state index in [2.05, 4.69) is 0 Å². The average Bonchev–Trinajstić information content (AvgIpc) is 3.42. The van der Waals surface area contributed by atoms with Gasteiger partial charge in [-0.3, -0.25) is 33.6 Å². The summed E-state index contributed by atoms with van der Waals surface area (Å²) in [6.07, 6.45) is 17.5. The van der Waals surface area contributed by atoms with Crippen molar-refractivity contribution in [1.29, 1.82) is 0 Å². The molecule has 17 nitrogen and oxygen atoms in total. The predicted molar refractivity (Wildman–Crippen MR) is 305 cm³/mol. The van der Waals surface area contributed by atoms with Gasteiger partial charge in [0.1, 0.15) is 19.6 Å². The highest BCUT2D eigenvalue weighted by atomic mass is 16.4. The minimum Gasteiger partial charge on any atom is -0.480 e. The van der Waals surface area contributed by atoms with Crippen LogP contribution in [0.1, 0.15) is 144 Å². The number of carboxylic acid groups (broad SMARTS) is 1. The first kappa shape index (κ1) is 61.4. The smallest absolute Gasteiger partial charge is 0.323 e. The molecule has 0 atom stereocenters. The minimum atomic E-state index is -1.12. The Kier molecular flexibility index (Phi) is 26.5. The summed E-state index contributed by atoms with van der Waals surface area (Å²) in [6.45, 7) is -0.358. The zero-order valence-corrected chi connectivity index (χ0v) is 45.7. The highest BCUT2D eigenvalue weighted by Gasteiger charge is 2.29. The maximum Gasteiger partial charge on any atom is 0.323 e. The number of carbonyl (C=O) groups excluding carboxylic acids is 6. The number of primary amides is 1. The van der Waals surface area contributed by atoms with E-state index in [4.69, 9.17) is 22.9 Å². The van der Waals surface area contributed by atoms with Crippen LogP contribution in [0.15, 0.2) is 103 Å². The van der Waals surface area contributed by atoms with Crippen LogP contribution in [0.3, 0.4) is 0 Å². The molecule has 0 bridgehead atoms. The van der Waals surface area contributed by atoms with Gasteiger partial charge >= 0.3 is 5.97 Å². The van der Waals surface area contributed by atoms with E-state index in [1.807, 2.05) is 54.6 Å². The first-order valence-electron chi connectivity index (χ1n) is 28.1. The van der Waals surface area contributed by atoms with E-state index in [0.29, 0.717) is 42.9 Å². The van der Waals surface area contributed by atoms with Crippen LogP contribution in [-0.4, -0.2) is 110 Å². The molecule has 0 aromatic heterocycles. The fraction of sp³-hybridized carbons (Fsp3) is 0.492. The van der Waals surface area contributed by atoms with E-state index in [1.54, 1.807) is 58.3 Å². The maximum atomic E-state index is 14.4. The van der Waals surface area contributed by atoms with E-state index in [9.17, 15) is 38.7 Å². The van der Waals surface area contributed by atoms with Crippen LogP contribution < -0.4 is 22.9 Å². The van der Waals surface area contributed by atoms with Crippen molar-refractivity contribution < 1.29 is 38.7 Å². The lowest BCUT2D eigenvalue weighted by atomic mass is 9.89. The lowest BCUT2D eigenvalue weighted by molar-refractivity contribution is -0.147. The summed E-state index contributed by atoms with van der Waals surface area (Å²) in [5.74, 6) is -2.99. The molecule has 9 N–H and O–H groups in total. The Morgan fingerprint density at radius 3 is 1.08 bits per heavy atom. The number of nitrogens with zero attached hydrogens (tertiary/aromatic N) is 5. The number of aliphatic carboxylic acids is 1. The van der Waals surface area contributed by atoms with Crippen LogP contribution in [0, 0.1) is 5.92 Å². The van der Waals surface area contributed by atoms with Crippen molar-refractivity contribution in [2.75, 3.05) is 56.5 Å². The largest absolute Gasteiger partial charge is 0.480 e. The molecule has 1 fully saturated rings. The van der Waals surface area contributed by atoms with Crippen molar-refractivity contribution in [2.24, 2.45) is 11.7 Å². The number of anilines is 3. The number of nitrogen functional groups attached to an aromatic ring is 3.